The Hall–Kier alpha value is -3.04. The maximum absolute atomic E-state index is 15.0. The lowest BCUT2D eigenvalue weighted by atomic mass is 10.0. The van der Waals surface area contributed by atoms with Crippen LogP contribution in [0.3, 0.4) is 0 Å². The molecule has 9 heteroatoms. The number of halogens is 1. The van der Waals surface area contributed by atoms with Crippen LogP contribution in [0.2, 0.25) is 0 Å². The minimum absolute atomic E-state index is 0.146. The zero-order valence-corrected chi connectivity index (χ0v) is 20.0. The highest BCUT2D eigenvalue weighted by Gasteiger charge is 2.28. The van der Waals surface area contributed by atoms with E-state index in [1.54, 1.807) is 15.6 Å². The molecule has 0 saturated carbocycles. The zero-order valence-electron chi connectivity index (χ0n) is 19.1. The quantitative estimate of drug-likeness (QED) is 0.441. The molecule has 3 aromatic heterocycles. The summed E-state index contributed by atoms with van der Waals surface area (Å²) in [7, 11) is 0. The summed E-state index contributed by atoms with van der Waals surface area (Å²) in [6.45, 7) is 8.75. The van der Waals surface area contributed by atoms with Crippen LogP contribution in [-0.2, 0) is 18.6 Å². The second-order valence-corrected chi connectivity index (χ2v) is 10.0. The minimum atomic E-state index is -1.55. The lowest BCUT2D eigenvalue weighted by molar-refractivity contribution is 0.226. The molecule has 0 amide bonds. The molecule has 4 aromatic rings. The van der Waals surface area contributed by atoms with Crippen LogP contribution in [-0.4, -0.2) is 25.9 Å². The Balaban J connectivity index is 1.64. The topological polar surface area (TPSA) is 76.8 Å². The smallest absolute Gasteiger partial charge is 0.278 e. The third kappa shape index (κ3) is 3.85. The summed E-state index contributed by atoms with van der Waals surface area (Å²) < 4.78 is 18.4. The van der Waals surface area contributed by atoms with Gasteiger partial charge in [0.25, 0.3) is 5.56 Å². The van der Waals surface area contributed by atoms with Crippen LogP contribution in [0.4, 0.5) is 16.0 Å². The van der Waals surface area contributed by atoms with Crippen LogP contribution in [0, 0.1) is 0 Å². The van der Waals surface area contributed by atoms with E-state index in [2.05, 4.69) is 27.8 Å². The Morgan fingerprint density at radius 3 is 2.82 bits per heavy atom. The largest absolute Gasteiger partial charge is 0.324 e. The lowest BCUT2D eigenvalue weighted by Crippen LogP contribution is -2.25. The normalized spacial score (nSPS) is 14.1. The third-order valence-corrected chi connectivity index (χ3v) is 7.08. The number of nitrogens with one attached hydrogen (secondary N) is 2. The number of nitrogens with zero attached hydrogens (tertiary/aromatic N) is 4. The molecule has 0 saturated heterocycles. The van der Waals surface area contributed by atoms with Crippen molar-refractivity contribution in [1.29, 1.82) is 0 Å². The molecular weight excluding hydrogens is 439 g/mol. The first kappa shape index (κ1) is 21.8. The molecule has 0 spiro atoms. The Labute approximate surface area is 195 Å². The molecule has 7 nitrogen and oxygen atoms in total. The second kappa shape index (κ2) is 8.07. The summed E-state index contributed by atoms with van der Waals surface area (Å²) in [5, 5.41) is 8.90. The van der Waals surface area contributed by atoms with Crippen molar-refractivity contribution in [2.45, 2.75) is 52.4 Å². The number of anilines is 2. The average molecular weight is 467 g/mol. The Bertz CT molecular complexity index is 1390. The standard InChI is InChI=1S/C24H27FN6OS/c1-14(2)30-22(32)18-13-27-23(28-17-6-5-16-12-26-9-7-15(16)11-17)29-21(18)31(30)19-8-10-33-20(19)24(3,4)25/h5-6,8,10-11,13-14,26H,7,9,12H2,1-4H3,(H,27,28,29). The van der Waals surface area contributed by atoms with E-state index in [-0.39, 0.29) is 11.6 Å². The molecular formula is C24H27FN6OS. The molecule has 4 heterocycles. The van der Waals surface area contributed by atoms with Gasteiger partial charge in [-0.15, -0.1) is 11.3 Å². The first-order chi connectivity index (χ1) is 15.7. The highest BCUT2D eigenvalue weighted by atomic mass is 32.1. The number of thiophene rings is 1. The first-order valence-corrected chi connectivity index (χ1v) is 12.0. The van der Waals surface area contributed by atoms with Crippen molar-refractivity contribution in [3.8, 4) is 5.69 Å². The van der Waals surface area contributed by atoms with E-state index in [9.17, 15) is 4.79 Å². The molecule has 172 valence electrons. The van der Waals surface area contributed by atoms with Gasteiger partial charge in [-0.2, -0.15) is 4.98 Å². The highest BCUT2D eigenvalue weighted by molar-refractivity contribution is 7.10. The number of alkyl halides is 1. The van der Waals surface area contributed by atoms with Crippen molar-refractivity contribution in [3.05, 3.63) is 62.2 Å². The fourth-order valence-corrected chi connectivity index (χ4v) is 5.24. The Morgan fingerprint density at radius 2 is 2.06 bits per heavy atom. The number of hydrogen-bond donors (Lipinski definition) is 2. The molecule has 1 aliphatic rings. The summed E-state index contributed by atoms with van der Waals surface area (Å²) in [4.78, 5) is 22.9. The van der Waals surface area contributed by atoms with Crippen molar-refractivity contribution < 1.29 is 4.39 Å². The number of rotatable bonds is 5. The van der Waals surface area contributed by atoms with Crippen LogP contribution < -0.4 is 16.2 Å². The van der Waals surface area contributed by atoms with Crippen molar-refractivity contribution in [1.82, 2.24) is 24.6 Å². The van der Waals surface area contributed by atoms with Crippen molar-refractivity contribution >= 4 is 34.0 Å². The van der Waals surface area contributed by atoms with Crippen molar-refractivity contribution in [3.63, 3.8) is 0 Å². The summed E-state index contributed by atoms with van der Waals surface area (Å²) in [5.41, 5.74) is 2.83. The van der Waals surface area contributed by atoms with E-state index in [1.165, 1.54) is 36.3 Å². The van der Waals surface area contributed by atoms with E-state index in [1.807, 2.05) is 31.4 Å². The molecule has 0 radical (unpaired) electrons. The van der Waals surface area contributed by atoms with Gasteiger partial charge in [-0.3, -0.25) is 4.79 Å². The van der Waals surface area contributed by atoms with Gasteiger partial charge in [-0.1, -0.05) is 6.07 Å². The molecule has 0 unspecified atom stereocenters. The van der Waals surface area contributed by atoms with Crippen molar-refractivity contribution in [2.24, 2.45) is 0 Å². The molecule has 0 bridgehead atoms. The van der Waals surface area contributed by atoms with Gasteiger partial charge in [0.2, 0.25) is 5.95 Å². The average Bonchev–Trinajstić information content (AvgIpc) is 3.36. The van der Waals surface area contributed by atoms with E-state index in [0.717, 1.165) is 25.2 Å². The van der Waals surface area contributed by atoms with E-state index in [4.69, 9.17) is 4.98 Å². The molecule has 0 atom stereocenters. The van der Waals surface area contributed by atoms with Gasteiger partial charge in [0.15, 0.2) is 5.65 Å². The Kier molecular flexibility index (Phi) is 5.33. The van der Waals surface area contributed by atoms with Gasteiger partial charge in [0.05, 0.1) is 10.6 Å². The summed E-state index contributed by atoms with van der Waals surface area (Å²) in [6.07, 6.45) is 2.53. The molecule has 33 heavy (non-hydrogen) atoms. The molecule has 1 aliphatic heterocycles. The van der Waals surface area contributed by atoms with Crippen LogP contribution in [0.5, 0.6) is 0 Å². The van der Waals surface area contributed by atoms with Gasteiger partial charge in [0, 0.05) is 24.5 Å². The van der Waals surface area contributed by atoms with Gasteiger partial charge in [-0.05, 0) is 75.4 Å². The van der Waals surface area contributed by atoms with E-state index < -0.39 is 5.67 Å². The fraction of sp³-hybridized carbons (Fsp3) is 0.375. The maximum atomic E-state index is 15.0. The van der Waals surface area contributed by atoms with E-state index in [0.29, 0.717) is 27.5 Å². The van der Waals surface area contributed by atoms with Crippen LogP contribution in [0.1, 0.15) is 49.7 Å². The minimum Gasteiger partial charge on any atom is -0.324 e. The van der Waals surface area contributed by atoms with Gasteiger partial charge < -0.3 is 10.6 Å². The molecule has 2 N–H and O–H groups in total. The monoisotopic (exact) mass is 466 g/mol. The Morgan fingerprint density at radius 1 is 1.24 bits per heavy atom. The van der Waals surface area contributed by atoms with Gasteiger partial charge in [0.1, 0.15) is 11.1 Å². The zero-order chi connectivity index (χ0) is 23.3. The molecule has 0 aliphatic carbocycles. The van der Waals surface area contributed by atoms with Crippen LogP contribution >= 0.6 is 11.3 Å². The molecule has 5 rings (SSSR count). The van der Waals surface area contributed by atoms with Crippen LogP contribution in [0.15, 0.2) is 40.6 Å². The van der Waals surface area contributed by atoms with Crippen molar-refractivity contribution in [2.75, 3.05) is 11.9 Å². The summed E-state index contributed by atoms with van der Waals surface area (Å²) in [5.74, 6) is 0.391. The first-order valence-electron chi connectivity index (χ1n) is 11.1. The van der Waals surface area contributed by atoms with Gasteiger partial charge in [-0.25, -0.2) is 18.7 Å². The summed E-state index contributed by atoms with van der Waals surface area (Å²) >= 11 is 1.33. The molecule has 1 aromatic carbocycles. The fourth-order valence-electron chi connectivity index (χ4n) is 4.36. The van der Waals surface area contributed by atoms with Crippen LogP contribution in [0.25, 0.3) is 16.7 Å². The number of benzene rings is 1. The lowest BCUT2D eigenvalue weighted by Gasteiger charge is -2.20. The maximum Gasteiger partial charge on any atom is 0.278 e. The third-order valence-electron chi connectivity index (χ3n) is 5.87. The highest BCUT2D eigenvalue weighted by Crippen LogP contribution is 2.36. The SMILES string of the molecule is CC(C)n1c(=O)c2cnc(Nc3ccc4c(c3)CCNC4)nc2n1-c1ccsc1C(C)(C)F. The predicted molar refractivity (Wildman–Crippen MR) is 131 cm³/mol. The predicted octanol–water partition coefficient (Wildman–Crippen LogP) is 4.82. The second-order valence-electron chi connectivity index (χ2n) is 9.13. The number of hydrogen-bond acceptors (Lipinski definition) is 6. The van der Waals surface area contributed by atoms with E-state index >= 15 is 4.39 Å². The number of aromatic nitrogens is 4. The van der Waals surface area contributed by atoms with Gasteiger partial charge >= 0.3 is 0 Å². The summed E-state index contributed by atoms with van der Waals surface area (Å²) in [6, 6.07) is 7.93. The number of fused-ring (bicyclic) bond motifs is 2. The molecule has 0 fully saturated rings.